The van der Waals surface area contributed by atoms with Gasteiger partial charge >= 0.3 is 0 Å². The maximum atomic E-state index is 2.45. The number of hydrogen-bond donors (Lipinski definition) is 0. The minimum atomic E-state index is -0.633. The Morgan fingerprint density at radius 3 is 1.14 bits per heavy atom. The smallest absolute Gasteiger partial charge is 0.0414 e. The van der Waals surface area contributed by atoms with Gasteiger partial charge in [0.05, 0.1) is 0 Å². The van der Waals surface area contributed by atoms with Crippen molar-refractivity contribution >= 4 is 15.9 Å². The lowest BCUT2D eigenvalue weighted by molar-refractivity contribution is 1.80. The van der Waals surface area contributed by atoms with Crippen LogP contribution in [0.1, 0.15) is 0 Å². The summed E-state index contributed by atoms with van der Waals surface area (Å²) in [6.45, 7) is 12.2. The van der Waals surface area contributed by atoms with Gasteiger partial charge < -0.3 is 0 Å². The number of rotatable bonds is 1. The van der Waals surface area contributed by atoms with Crippen LogP contribution in [0, 0.1) is 0 Å². The zero-order valence-corrected chi connectivity index (χ0v) is 8.00. The SMILES string of the molecule is C[Si+](C)[Si](C)(C)C. The van der Waals surface area contributed by atoms with Gasteiger partial charge in [0, 0.05) is 13.1 Å². The van der Waals surface area contributed by atoms with Crippen LogP contribution in [0.2, 0.25) is 32.7 Å². The Morgan fingerprint density at radius 1 is 1.00 bits per heavy atom. The molecule has 0 aromatic carbocycles. The topological polar surface area (TPSA) is 0 Å². The summed E-state index contributed by atoms with van der Waals surface area (Å²) >= 11 is 0. The van der Waals surface area contributed by atoms with Crippen LogP contribution in [0.5, 0.6) is 0 Å². The Balaban J connectivity index is 3.54. The standard InChI is InChI=1S/C5H15Si2/c1-6(2)7(3,4)5/h1-5H3/q+1. The highest BCUT2D eigenvalue weighted by atomic mass is 29.2. The molecule has 0 bridgehead atoms. The molecule has 0 amide bonds. The molecule has 0 fully saturated rings. The van der Waals surface area contributed by atoms with Crippen LogP contribution >= 0.6 is 0 Å². The summed E-state index contributed by atoms with van der Waals surface area (Å²) < 4.78 is 0. The lowest BCUT2D eigenvalue weighted by atomic mass is 11.8. The highest BCUT2D eigenvalue weighted by Gasteiger charge is 2.33. The molecule has 42 valence electrons. The molecule has 0 aliphatic carbocycles. The lowest BCUT2D eigenvalue weighted by Crippen LogP contribution is -2.37. The summed E-state index contributed by atoms with van der Waals surface area (Å²) in [5.41, 5.74) is 0. The zero-order chi connectivity index (χ0) is 6.08. The fourth-order valence-electron chi connectivity index (χ4n) is 0. The van der Waals surface area contributed by atoms with Gasteiger partial charge in [0.15, 0.2) is 0 Å². The Kier molecular flexibility index (Phi) is 2.27. The van der Waals surface area contributed by atoms with E-state index in [1.165, 1.54) is 0 Å². The van der Waals surface area contributed by atoms with Crippen molar-refractivity contribution in [2.24, 2.45) is 0 Å². The quantitative estimate of drug-likeness (QED) is 0.478. The fourth-order valence-corrected chi connectivity index (χ4v) is 0. The first-order valence-electron chi connectivity index (χ1n) is 2.75. The minimum Gasteiger partial charge on any atom is -0.0414 e. The van der Waals surface area contributed by atoms with E-state index in [-0.39, 0.29) is 8.31 Å². The largest absolute Gasteiger partial charge is 0.260 e. The highest BCUT2D eigenvalue weighted by molar-refractivity contribution is 7.30. The van der Waals surface area contributed by atoms with Crippen molar-refractivity contribution in [2.45, 2.75) is 32.7 Å². The summed E-state index contributed by atoms with van der Waals surface area (Å²) in [5.74, 6) is 0. The van der Waals surface area contributed by atoms with Gasteiger partial charge in [0.2, 0.25) is 7.59 Å². The summed E-state index contributed by atoms with van der Waals surface area (Å²) in [6.07, 6.45) is 0. The van der Waals surface area contributed by atoms with Gasteiger partial charge in [-0.05, 0) is 19.6 Å². The molecular formula is C5H15Si2+. The van der Waals surface area contributed by atoms with E-state index in [0.29, 0.717) is 0 Å². The summed E-state index contributed by atoms with van der Waals surface area (Å²) in [6, 6.07) is 0. The molecular weight excluding hydrogens is 116 g/mol. The van der Waals surface area contributed by atoms with E-state index in [9.17, 15) is 0 Å². The first-order valence-corrected chi connectivity index (χ1v) is 9.75. The third kappa shape index (κ3) is 3.06. The Bertz CT molecular complexity index is 51.6. The van der Waals surface area contributed by atoms with Gasteiger partial charge in [-0.1, -0.05) is 0 Å². The first kappa shape index (κ1) is 7.43. The molecule has 0 unspecified atom stereocenters. The van der Waals surface area contributed by atoms with Crippen LogP contribution in [-0.4, -0.2) is 15.9 Å². The molecule has 0 heterocycles. The third-order valence-electron chi connectivity index (χ3n) is 1.50. The van der Waals surface area contributed by atoms with Crippen molar-refractivity contribution in [1.82, 2.24) is 0 Å². The Hall–Kier alpha value is 0.434. The van der Waals surface area contributed by atoms with E-state index in [0.717, 1.165) is 0 Å². The summed E-state index contributed by atoms with van der Waals surface area (Å²) in [4.78, 5) is 0. The molecule has 0 atom stereocenters. The lowest BCUT2D eigenvalue weighted by Gasteiger charge is -2.03. The Labute approximate surface area is 49.3 Å². The Morgan fingerprint density at radius 2 is 1.14 bits per heavy atom. The predicted molar refractivity (Wildman–Crippen MR) is 40.8 cm³/mol. The molecule has 2 heteroatoms. The molecule has 0 aromatic heterocycles. The van der Waals surface area contributed by atoms with E-state index in [2.05, 4.69) is 32.7 Å². The van der Waals surface area contributed by atoms with E-state index in [4.69, 9.17) is 0 Å². The molecule has 0 aliphatic rings. The second-order valence-corrected chi connectivity index (χ2v) is 17.2. The van der Waals surface area contributed by atoms with E-state index in [1.54, 1.807) is 0 Å². The van der Waals surface area contributed by atoms with Crippen molar-refractivity contribution in [3.63, 3.8) is 0 Å². The van der Waals surface area contributed by atoms with Crippen LogP contribution in [0.25, 0.3) is 0 Å². The van der Waals surface area contributed by atoms with Crippen LogP contribution in [0.4, 0.5) is 0 Å². The average Bonchev–Trinajstić information content (AvgIpc) is 1.31. The van der Waals surface area contributed by atoms with E-state index < -0.39 is 7.59 Å². The molecule has 0 nitrogen and oxygen atoms in total. The van der Waals surface area contributed by atoms with Gasteiger partial charge in [0.25, 0.3) is 8.31 Å². The van der Waals surface area contributed by atoms with Crippen LogP contribution in [0.15, 0.2) is 0 Å². The molecule has 0 saturated carbocycles. The van der Waals surface area contributed by atoms with Crippen LogP contribution < -0.4 is 0 Å². The molecule has 0 aromatic rings. The normalized spacial score (nSPS) is 11.6. The summed E-state index contributed by atoms with van der Waals surface area (Å²) in [7, 11) is -0.544. The second kappa shape index (κ2) is 2.13. The van der Waals surface area contributed by atoms with Crippen LogP contribution in [-0.2, 0) is 0 Å². The predicted octanol–water partition coefficient (Wildman–Crippen LogP) is 2.16. The average molecular weight is 131 g/mol. The maximum Gasteiger partial charge on any atom is 0.260 e. The molecule has 0 radical (unpaired) electrons. The van der Waals surface area contributed by atoms with Gasteiger partial charge in [0.1, 0.15) is 0 Å². The third-order valence-corrected chi connectivity index (χ3v) is 13.5. The van der Waals surface area contributed by atoms with E-state index >= 15 is 0 Å². The van der Waals surface area contributed by atoms with Crippen molar-refractivity contribution in [2.75, 3.05) is 0 Å². The zero-order valence-electron chi connectivity index (χ0n) is 6.00. The highest BCUT2D eigenvalue weighted by Crippen LogP contribution is 2.04. The van der Waals surface area contributed by atoms with Gasteiger partial charge in [-0.15, -0.1) is 0 Å². The number of hydrogen-bond acceptors (Lipinski definition) is 0. The molecule has 0 rings (SSSR count). The maximum absolute atomic E-state index is 2.45. The van der Waals surface area contributed by atoms with Crippen LogP contribution in [0.3, 0.4) is 0 Å². The second-order valence-electron chi connectivity index (χ2n) is 3.25. The van der Waals surface area contributed by atoms with Gasteiger partial charge in [-0.25, -0.2) is 0 Å². The molecule has 0 N–H and O–H groups in total. The van der Waals surface area contributed by atoms with Crippen molar-refractivity contribution in [3.8, 4) is 0 Å². The molecule has 0 saturated heterocycles. The van der Waals surface area contributed by atoms with Crippen molar-refractivity contribution in [1.29, 1.82) is 0 Å². The molecule has 0 spiro atoms. The molecule has 7 heavy (non-hydrogen) atoms. The first-order chi connectivity index (χ1) is 2.94. The van der Waals surface area contributed by atoms with Gasteiger partial charge in [-0.2, -0.15) is 0 Å². The summed E-state index contributed by atoms with van der Waals surface area (Å²) in [5, 5.41) is 0. The fraction of sp³-hybridized carbons (Fsp3) is 1.00. The van der Waals surface area contributed by atoms with Crippen molar-refractivity contribution < 1.29 is 0 Å². The molecule has 0 aliphatic heterocycles. The van der Waals surface area contributed by atoms with Crippen molar-refractivity contribution in [3.05, 3.63) is 0 Å². The monoisotopic (exact) mass is 131 g/mol. The van der Waals surface area contributed by atoms with Gasteiger partial charge in [-0.3, -0.25) is 0 Å². The van der Waals surface area contributed by atoms with E-state index in [1.807, 2.05) is 0 Å². The minimum absolute atomic E-state index is 0.0887.